The van der Waals surface area contributed by atoms with E-state index in [0.29, 0.717) is 39.1 Å². The Balaban J connectivity index is -0.000000276. The Morgan fingerprint density at radius 2 is 1.19 bits per heavy atom. The molecule has 1 rings (SSSR count). The molecule has 5 nitrogen and oxygen atoms in total. The molecule has 0 aromatic rings. The predicted molar refractivity (Wildman–Crippen MR) is 111 cm³/mol. The summed E-state index contributed by atoms with van der Waals surface area (Å²) in [5.74, 6) is 0. The maximum atomic E-state index is 5.06. The number of methoxy groups -OCH3 is 1. The van der Waals surface area contributed by atoms with Gasteiger partial charge in [-0.3, -0.25) is 0 Å². The van der Waals surface area contributed by atoms with Crippen molar-refractivity contribution in [3.8, 4) is 0 Å². The third kappa shape index (κ3) is 43.3. The van der Waals surface area contributed by atoms with E-state index in [1.165, 1.54) is 0 Å². The van der Waals surface area contributed by atoms with Crippen LogP contribution >= 0.6 is 0 Å². The number of rotatable bonds is 13. The van der Waals surface area contributed by atoms with Crippen LogP contribution in [0.4, 0.5) is 0 Å². The second-order valence-corrected chi connectivity index (χ2v) is 4.59. The highest BCUT2D eigenvalue weighted by Gasteiger charge is 2.21. The summed E-state index contributed by atoms with van der Waals surface area (Å²) in [5.41, 5.74) is 0. The lowest BCUT2D eigenvalue weighted by atomic mass is 10.5. The molecule has 5 heteroatoms. The molecule has 1 unspecified atom stereocenters. The van der Waals surface area contributed by atoms with Gasteiger partial charge in [-0.2, -0.15) is 0 Å². The van der Waals surface area contributed by atoms with Crippen LogP contribution < -0.4 is 0 Å². The van der Waals surface area contributed by atoms with E-state index in [1.54, 1.807) is 37.5 Å². The zero-order valence-electron chi connectivity index (χ0n) is 16.7. The molecular weight excluding hydrogens is 332 g/mol. The molecule has 0 radical (unpaired) electrons. The lowest BCUT2D eigenvalue weighted by molar-refractivity contribution is 0.141. The highest BCUT2D eigenvalue weighted by molar-refractivity contribution is 4.70. The standard InChI is InChI=1S/C6H10O2.C6H10O.C5H10O.C4H8O/c1-2-3-7-4-6-5-8-6;1-3-5-7-6-4-2;1-3-5-6-4-2;1-3-4-5-2/h2,6H,1,3-5H2;3-4H,1-2,5-6H2;3H,1,4-5H2,2H3;3H,1,4H2,2H3. The maximum Gasteiger partial charge on any atom is 0.104 e. The average molecular weight is 371 g/mol. The van der Waals surface area contributed by atoms with Crippen molar-refractivity contribution in [2.24, 2.45) is 0 Å². The lowest BCUT2D eigenvalue weighted by Crippen LogP contribution is -2.00. The molecule has 0 aromatic carbocycles. The van der Waals surface area contributed by atoms with Crippen molar-refractivity contribution in [3.63, 3.8) is 0 Å². The molecule has 1 fully saturated rings. The molecule has 0 aromatic heterocycles. The monoisotopic (exact) mass is 370 g/mol. The van der Waals surface area contributed by atoms with E-state index in [9.17, 15) is 0 Å². The van der Waals surface area contributed by atoms with E-state index >= 15 is 0 Å². The molecule has 0 bridgehead atoms. The van der Waals surface area contributed by atoms with Crippen molar-refractivity contribution >= 4 is 0 Å². The first-order valence-corrected chi connectivity index (χ1v) is 8.56. The summed E-state index contributed by atoms with van der Waals surface area (Å²) in [4.78, 5) is 0. The van der Waals surface area contributed by atoms with Crippen LogP contribution in [0.1, 0.15) is 6.92 Å². The van der Waals surface area contributed by atoms with Crippen LogP contribution in [-0.2, 0) is 23.7 Å². The lowest BCUT2D eigenvalue weighted by Gasteiger charge is -1.92. The topological polar surface area (TPSA) is 49.5 Å². The van der Waals surface area contributed by atoms with Crippen LogP contribution in [0.5, 0.6) is 0 Å². The van der Waals surface area contributed by atoms with Gasteiger partial charge in [0.15, 0.2) is 0 Å². The van der Waals surface area contributed by atoms with Crippen LogP contribution in [0.15, 0.2) is 63.3 Å². The highest BCUT2D eigenvalue weighted by atomic mass is 16.6. The summed E-state index contributed by atoms with van der Waals surface area (Å²) < 4.78 is 24.3. The van der Waals surface area contributed by atoms with Crippen LogP contribution in [0.3, 0.4) is 0 Å². The minimum atomic E-state index is 0.384. The fourth-order valence-corrected chi connectivity index (χ4v) is 1.00. The Morgan fingerprint density at radius 1 is 0.769 bits per heavy atom. The van der Waals surface area contributed by atoms with Gasteiger partial charge >= 0.3 is 0 Å². The van der Waals surface area contributed by atoms with Gasteiger partial charge in [-0.25, -0.2) is 0 Å². The maximum absolute atomic E-state index is 5.06. The zero-order chi connectivity index (χ0) is 20.3. The van der Waals surface area contributed by atoms with Crippen LogP contribution in [0.2, 0.25) is 0 Å². The quantitative estimate of drug-likeness (QED) is 0.279. The van der Waals surface area contributed by atoms with Crippen LogP contribution in [-0.4, -0.2) is 66.1 Å². The molecule has 0 saturated carbocycles. The highest BCUT2D eigenvalue weighted by Crippen LogP contribution is 2.07. The van der Waals surface area contributed by atoms with Gasteiger partial charge in [-0.15, -0.1) is 32.9 Å². The third-order valence-corrected chi connectivity index (χ3v) is 2.14. The SMILES string of the molecule is C=CCOC.C=CCOCC.C=CCOCC1CO1.C=CCOCC=C. The summed E-state index contributed by atoms with van der Waals surface area (Å²) >= 11 is 0. The average Bonchev–Trinajstić information content (AvgIpc) is 3.47. The Kier molecular flexibility index (Phi) is 35.2. The fraction of sp³-hybridized carbons (Fsp3) is 0.524. The summed E-state index contributed by atoms with van der Waals surface area (Å²) in [6.07, 6.45) is 8.99. The Labute approximate surface area is 160 Å². The molecule has 1 atom stereocenters. The molecular formula is C21H38O5. The smallest absolute Gasteiger partial charge is 0.104 e. The molecule has 0 N–H and O–H groups in total. The molecule has 0 spiro atoms. The first-order valence-electron chi connectivity index (χ1n) is 8.56. The molecule has 1 aliphatic heterocycles. The summed E-state index contributed by atoms with van der Waals surface area (Å²) in [7, 11) is 1.64. The van der Waals surface area contributed by atoms with E-state index in [1.807, 2.05) is 6.92 Å². The fourth-order valence-electron chi connectivity index (χ4n) is 1.00. The summed E-state index contributed by atoms with van der Waals surface area (Å²) in [6, 6.07) is 0. The van der Waals surface area contributed by atoms with Crippen molar-refractivity contribution in [1.82, 2.24) is 0 Å². The number of hydrogen-bond donors (Lipinski definition) is 0. The van der Waals surface area contributed by atoms with E-state index < -0.39 is 0 Å². The van der Waals surface area contributed by atoms with Crippen LogP contribution in [0, 0.1) is 0 Å². The van der Waals surface area contributed by atoms with E-state index in [-0.39, 0.29) is 0 Å². The van der Waals surface area contributed by atoms with Gasteiger partial charge in [0.1, 0.15) is 6.10 Å². The van der Waals surface area contributed by atoms with Gasteiger partial charge in [0.25, 0.3) is 0 Å². The molecule has 1 heterocycles. The van der Waals surface area contributed by atoms with Gasteiger partial charge in [0.2, 0.25) is 0 Å². The van der Waals surface area contributed by atoms with Crippen molar-refractivity contribution in [1.29, 1.82) is 0 Å². The van der Waals surface area contributed by atoms with Gasteiger partial charge in [0.05, 0.1) is 46.2 Å². The van der Waals surface area contributed by atoms with Crippen molar-refractivity contribution in [2.75, 3.05) is 60.0 Å². The van der Waals surface area contributed by atoms with Crippen molar-refractivity contribution < 1.29 is 23.7 Å². The van der Waals surface area contributed by atoms with Crippen LogP contribution in [0.25, 0.3) is 0 Å². The first-order chi connectivity index (χ1) is 12.7. The second-order valence-electron chi connectivity index (χ2n) is 4.59. The molecule has 1 saturated heterocycles. The third-order valence-electron chi connectivity index (χ3n) is 2.14. The van der Waals surface area contributed by atoms with E-state index in [2.05, 4.69) is 37.6 Å². The number of hydrogen-bond acceptors (Lipinski definition) is 5. The van der Waals surface area contributed by atoms with Gasteiger partial charge < -0.3 is 23.7 Å². The number of ether oxygens (including phenoxy) is 5. The summed E-state index contributed by atoms with van der Waals surface area (Å²) in [5, 5.41) is 0. The Bertz CT molecular complexity index is 304. The van der Waals surface area contributed by atoms with Gasteiger partial charge in [-0.1, -0.05) is 30.4 Å². The molecule has 0 aliphatic carbocycles. The minimum Gasteiger partial charge on any atom is -0.381 e. The normalized spacial score (nSPS) is 13.2. The van der Waals surface area contributed by atoms with Crippen molar-refractivity contribution in [3.05, 3.63) is 63.3 Å². The summed E-state index contributed by atoms with van der Waals surface area (Å²) in [6.45, 7) is 24.9. The Hall–Kier alpha value is -1.50. The van der Waals surface area contributed by atoms with E-state index in [0.717, 1.165) is 19.8 Å². The largest absolute Gasteiger partial charge is 0.381 e. The molecule has 1 aliphatic rings. The first kappa shape index (κ1) is 29.3. The molecule has 26 heavy (non-hydrogen) atoms. The second kappa shape index (κ2) is 31.3. The van der Waals surface area contributed by atoms with Crippen molar-refractivity contribution in [2.45, 2.75) is 13.0 Å². The zero-order valence-corrected chi connectivity index (χ0v) is 16.7. The number of epoxide rings is 1. The molecule has 0 amide bonds. The Morgan fingerprint density at radius 3 is 1.46 bits per heavy atom. The van der Waals surface area contributed by atoms with Gasteiger partial charge in [-0.05, 0) is 6.92 Å². The van der Waals surface area contributed by atoms with Gasteiger partial charge in [0, 0.05) is 13.7 Å². The van der Waals surface area contributed by atoms with E-state index in [4.69, 9.17) is 18.9 Å². The molecule has 152 valence electrons. The predicted octanol–water partition coefficient (Wildman–Crippen LogP) is 3.99. The minimum absolute atomic E-state index is 0.384.